The van der Waals surface area contributed by atoms with Crippen LogP contribution in [0.3, 0.4) is 0 Å². The highest BCUT2D eigenvalue weighted by molar-refractivity contribution is 7.92. The van der Waals surface area contributed by atoms with Crippen LogP contribution in [0.15, 0.2) is 59.5 Å². The maximum absolute atomic E-state index is 13.0. The van der Waals surface area contributed by atoms with Gasteiger partial charge in [0.25, 0.3) is 10.0 Å². The van der Waals surface area contributed by atoms with E-state index in [1.807, 2.05) is 17.9 Å². The summed E-state index contributed by atoms with van der Waals surface area (Å²) < 4.78 is 28.5. The predicted molar refractivity (Wildman–Crippen MR) is 140 cm³/mol. The van der Waals surface area contributed by atoms with Crippen molar-refractivity contribution in [2.75, 3.05) is 40.7 Å². The molecule has 184 valence electrons. The number of hydrogen-bond acceptors (Lipinski definition) is 5. The number of aryl methyl sites for hydroxylation is 3. The topological polar surface area (TPSA) is 90.0 Å². The van der Waals surface area contributed by atoms with Gasteiger partial charge in [-0.15, -0.1) is 0 Å². The molecule has 4 rings (SSSR count). The van der Waals surface area contributed by atoms with Crippen molar-refractivity contribution in [2.24, 2.45) is 0 Å². The highest BCUT2D eigenvalue weighted by atomic mass is 32.2. The second-order valence-electron chi connectivity index (χ2n) is 9.10. The van der Waals surface area contributed by atoms with Crippen LogP contribution in [0.1, 0.15) is 32.6 Å². The average Bonchev–Trinajstić information content (AvgIpc) is 2.82. The van der Waals surface area contributed by atoms with E-state index in [0.717, 1.165) is 18.7 Å². The molecule has 1 heterocycles. The lowest BCUT2D eigenvalue weighted by Gasteiger charge is -2.38. The second kappa shape index (κ2) is 9.62. The number of rotatable bonds is 6. The van der Waals surface area contributed by atoms with Gasteiger partial charge in [-0.1, -0.05) is 24.3 Å². The summed E-state index contributed by atoms with van der Waals surface area (Å²) in [5.41, 5.74) is 6.06. The van der Waals surface area contributed by atoms with Crippen LogP contribution >= 0.6 is 0 Å². The number of aromatic carboxylic acids is 1. The fraction of sp³-hybridized carbons (Fsp3) is 0.296. The van der Waals surface area contributed by atoms with Crippen molar-refractivity contribution >= 4 is 33.1 Å². The summed E-state index contributed by atoms with van der Waals surface area (Å²) in [7, 11) is -3.86. The maximum atomic E-state index is 13.0. The van der Waals surface area contributed by atoms with Gasteiger partial charge in [0.05, 0.1) is 16.1 Å². The molecular formula is C27H31N3O4S. The Morgan fingerprint density at radius 2 is 1.49 bits per heavy atom. The number of sulfonamides is 1. The van der Waals surface area contributed by atoms with Crippen molar-refractivity contribution in [3.63, 3.8) is 0 Å². The molecule has 0 unspecified atom stereocenters. The molecule has 8 heteroatoms. The van der Waals surface area contributed by atoms with Crippen molar-refractivity contribution < 1.29 is 18.3 Å². The number of nitrogens with one attached hydrogen (secondary N) is 1. The number of carboxylic acid groups (broad SMARTS) is 1. The lowest BCUT2D eigenvalue weighted by atomic mass is 10.1. The molecule has 0 aliphatic carbocycles. The van der Waals surface area contributed by atoms with Crippen LogP contribution in [0.5, 0.6) is 0 Å². The molecule has 0 bridgehead atoms. The van der Waals surface area contributed by atoms with E-state index in [1.165, 1.54) is 22.9 Å². The van der Waals surface area contributed by atoms with Crippen molar-refractivity contribution in [1.29, 1.82) is 0 Å². The molecule has 3 aromatic carbocycles. The van der Waals surface area contributed by atoms with Crippen LogP contribution in [0.25, 0.3) is 0 Å². The molecule has 1 saturated heterocycles. The van der Waals surface area contributed by atoms with Crippen LogP contribution in [-0.2, 0) is 10.0 Å². The van der Waals surface area contributed by atoms with Crippen molar-refractivity contribution in [1.82, 2.24) is 0 Å². The molecular weight excluding hydrogens is 462 g/mol. The van der Waals surface area contributed by atoms with Gasteiger partial charge >= 0.3 is 5.97 Å². The first kappa shape index (κ1) is 24.6. The molecule has 1 fully saturated rings. The largest absolute Gasteiger partial charge is 0.478 e. The van der Waals surface area contributed by atoms with Crippen LogP contribution in [0, 0.1) is 27.7 Å². The van der Waals surface area contributed by atoms with Crippen molar-refractivity contribution in [3.05, 3.63) is 82.4 Å². The summed E-state index contributed by atoms with van der Waals surface area (Å²) in [4.78, 5) is 16.7. The molecule has 0 amide bonds. The third-order valence-corrected chi connectivity index (χ3v) is 8.17. The van der Waals surface area contributed by atoms with E-state index in [2.05, 4.69) is 41.7 Å². The number of piperazine rings is 1. The Kier molecular flexibility index (Phi) is 6.76. The van der Waals surface area contributed by atoms with E-state index < -0.39 is 16.0 Å². The van der Waals surface area contributed by atoms with E-state index in [0.29, 0.717) is 24.3 Å². The number of hydrogen-bond donors (Lipinski definition) is 2. The first-order chi connectivity index (χ1) is 16.6. The quantitative estimate of drug-likeness (QED) is 0.515. The molecule has 7 nitrogen and oxygen atoms in total. The summed E-state index contributed by atoms with van der Waals surface area (Å²) in [6.45, 7) is 10.7. The smallest absolute Gasteiger partial charge is 0.337 e. The third kappa shape index (κ3) is 5.12. The van der Waals surface area contributed by atoms with Gasteiger partial charge in [0.1, 0.15) is 0 Å². The highest BCUT2D eigenvalue weighted by Crippen LogP contribution is 2.30. The van der Waals surface area contributed by atoms with Gasteiger partial charge in [-0.25, -0.2) is 13.2 Å². The Morgan fingerprint density at radius 1 is 0.829 bits per heavy atom. The maximum Gasteiger partial charge on any atom is 0.337 e. The van der Waals surface area contributed by atoms with Gasteiger partial charge in [0.2, 0.25) is 0 Å². The first-order valence-electron chi connectivity index (χ1n) is 11.6. The van der Waals surface area contributed by atoms with E-state index in [9.17, 15) is 18.3 Å². The summed E-state index contributed by atoms with van der Waals surface area (Å²) in [6, 6.07) is 16.2. The minimum Gasteiger partial charge on any atom is -0.478 e. The fourth-order valence-corrected chi connectivity index (χ4v) is 5.90. The standard InChI is InChI=1S/C27H31N3O4S/c1-18-8-9-20(3)26(16-18)35(33,34)28-22-10-11-25(23(17-22)27(31)32)30-14-12-29(13-15-30)24-7-5-6-19(2)21(24)4/h5-11,16-17,28H,12-15H2,1-4H3,(H,31,32). The number of nitrogens with zero attached hydrogens (tertiary/aromatic N) is 2. The summed E-state index contributed by atoms with van der Waals surface area (Å²) in [6.07, 6.45) is 0. The van der Waals surface area contributed by atoms with Gasteiger partial charge in [-0.05, 0) is 80.3 Å². The number of anilines is 3. The van der Waals surface area contributed by atoms with Crippen LogP contribution in [0.2, 0.25) is 0 Å². The zero-order chi connectivity index (χ0) is 25.3. The summed E-state index contributed by atoms with van der Waals surface area (Å²) >= 11 is 0. The van der Waals surface area contributed by atoms with Crippen molar-refractivity contribution in [2.45, 2.75) is 32.6 Å². The van der Waals surface area contributed by atoms with Gasteiger partial charge in [0.15, 0.2) is 0 Å². The number of carboxylic acids is 1. The van der Waals surface area contributed by atoms with Crippen LogP contribution in [0.4, 0.5) is 17.1 Å². The Hall–Kier alpha value is -3.52. The number of carbonyl (C=O) groups is 1. The Bertz CT molecular complexity index is 1380. The third-order valence-electron chi connectivity index (χ3n) is 6.65. The molecule has 0 atom stereocenters. The molecule has 0 aromatic heterocycles. The van der Waals surface area contributed by atoms with E-state index in [-0.39, 0.29) is 16.1 Å². The van der Waals surface area contributed by atoms with Gasteiger partial charge in [-0.3, -0.25) is 4.72 Å². The molecule has 2 N–H and O–H groups in total. The monoisotopic (exact) mass is 493 g/mol. The van der Waals surface area contributed by atoms with E-state index >= 15 is 0 Å². The molecule has 0 spiro atoms. The molecule has 3 aromatic rings. The zero-order valence-electron chi connectivity index (χ0n) is 20.5. The minimum atomic E-state index is -3.86. The summed E-state index contributed by atoms with van der Waals surface area (Å²) in [5.74, 6) is -1.09. The Labute approximate surface area is 207 Å². The minimum absolute atomic E-state index is 0.0753. The zero-order valence-corrected chi connectivity index (χ0v) is 21.3. The van der Waals surface area contributed by atoms with Gasteiger partial charge < -0.3 is 14.9 Å². The first-order valence-corrected chi connectivity index (χ1v) is 13.1. The van der Waals surface area contributed by atoms with Crippen molar-refractivity contribution in [3.8, 4) is 0 Å². The second-order valence-corrected chi connectivity index (χ2v) is 10.8. The van der Waals surface area contributed by atoms with E-state index in [1.54, 1.807) is 31.2 Å². The van der Waals surface area contributed by atoms with Gasteiger partial charge in [0, 0.05) is 37.6 Å². The van der Waals surface area contributed by atoms with Crippen LogP contribution < -0.4 is 14.5 Å². The van der Waals surface area contributed by atoms with Gasteiger partial charge in [-0.2, -0.15) is 0 Å². The molecule has 35 heavy (non-hydrogen) atoms. The average molecular weight is 494 g/mol. The van der Waals surface area contributed by atoms with E-state index in [4.69, 9.17) is 0 Å². The molecule has 1 aliphatic heterocycles. The SMILES string of the molecule is Cc1ccc(C)c(S(=O)(=O)Nc2ccc(N3CCN(c4cccc(C)c4C)CC3)c(C(=O)O)c2)c1. The fourth-order valence-electron chi connectivity index (χ4n) is 4.52. The molecule has 0 saturated carbocycles. The molecule has 0 radical (unpaired) electrons. The predicted octanol–water partition coefficient (Wildman–Crippen LogP) is 4.75. The van der Waals surface area contributed by atoms with Crippen LogP contribution in [-0.4, -0.2) is 45.7 Å². The lowest BCUT2D eigenvalue weighted by molar-refractivity contribution is 0.0697. The normalized spacial score (nSPS) is 14.2. The highest BCUT2D eigenvalue weighted by Gasteiger charge is 2.24. The lowest BCUT2D eigenvalue weighted by Crippen LogP contribution is -2.47. The Balaban J connectivity index is 1.55. The number of benzene rings is 3. The Morgan fingerprint density at radius 3 is 2.14 bits per heavy atom. The summed E-state index contributed by atoms with van der Waals surface area (Å²) in [5, 5.41) is 9.90. The molecule has 1 aliphatic rings.